The van der Waals surface area contributed by atoms with Crippen LogP contribution in [0.2, 0.25) is 0 Å². The van der Waals surface area contributed by atoms with Gasteiger partial charge in [-0.25, -0.2) is 0 Å². The van der Waals surface area contributed by atoms with Crippen LogP contribution in [0.25, 0.3) is 0 Å². The van der Waals surface area contributed by atoms with Crippen LogP contribution in [-0.2, 0) is 21.9 Å². The molecule has 0 saturated carbocycles. The van der Waals surface area contributed by atoms with Crippen molar-refractivity contribution in [2.24, 2.45) is 0 Å². The third-order valence-electron chi connectivity index (χ3n) is 3.49. The summed E-state index contributed by atoms with van der Waals surface area (Å²) in [6.07, 6.45) is -1.78. The molecule has 4 heteroatoms. The van der Waals surface area contributed by atoms with E-state index in [0.29, 0.717) is 6.16 Å². The first kappa shape index (κ1) is 18.4. The zero-order valence-electron chi connectivity index (χ0n) is 14.2. The molecule has 0 saturated heterocycles. The summed E-state index contributed by atoms with van der Waals surface area (Å²) in [5.74, 6) is 0. The second-order valence-corrected chi connectivity index (χ2v) is 11.8. The molecule has 23 heavy (non-hydrogen) atoms. The molecule has 1 N–H and O–H groups in total. The van der Waals surface area contributed by atoms with E-state index in [-0.39, 0.29) is 5.60 Å². The number of aliphatic hydroxyl groups is 1. The number of benzene rings is 2. The lowest BCUT2D eigenvalue weighted by Crippen LogP contribution is -2.33. The van der Waals surface area contributed by atoms with Crippen molar-refractivity contribution in [1.82, 2.24) is 0 Å². The van der Waals surface area contributed by atoms with Crippen LogP contribution >= 0.6 is 6.26 Å². The molecule has 124 valence electrons. The van der Waals surface area contributed by atoms with Crippen LogP contribution < -0.4 is 0 Å². The summed E-state index contributed by atoms with van der Waals surface area (Å²) in [5, 5.41) is 11.6. The van der Waals surface area contributed by atoms with Crippen LogP contribution in [-0.4, -0.2) is 23.5 Å². The molecular weight excluding hydrogens is 323 g/mol. The molecule has 2 nitrogen and oxygen atoms in total. The first-order valence-corrected chi connectivity index (χ1v) is 11.1. The molecular formula is C19H25O2PS. The molecule has 2 rings (SSSR count). The van der Waals surface area contributed by atoms with Crippen molar-refractivity contribution in [3.63, 3.8) is 0 Å². The number of hydrogen-bond donors (Lipinski definition) is 1. The zero-order valence-corrected chi connectivity index (χ0v) is 15.9. The van der Waals surface area contributed by atoms with E-state index in [9.17, 15) is 5.11 Å². The van der Waals surface area contributed by atoms with Crippen LogP contribution in [0.3, 0.4) is 0 Å². The van der Waals surface area contributed by atoms with Gasteiger partial charge in [0.05, 0.1) is 11.9 Å². The van der Waals surface area contributed by atoms with Crippen LogP contribution in [0, 0.1) is 0 Å². The number of hydrogen-bond acceptors (Lipinski definition) is 3. The molecule has 1 unspecified atom stereocenters. The Kier molecular flexibility index (Phi) is 5.48. The smallest absolute Gasteiger partial charge is 0.121 e. The molecule has 2 aromatic rings. The van der Waals surface area contributed by atoms with E-state index in [1.165, 1.54) is 0 Å². The standard InChI is InChI=1S/C19H25O2PS/c1-18(2,3)21-22(4,23)15-19(20,16-11-7-5-8-12-16)17-13-9-6-10-14-17/h5-14,20H,15H2,1-4H3. The van der Waals surface area contributed by atoms with Crippen molar-refractivity contribution in [2.75, 3.05) is 12.8 Å². The Hall–Kier alpha value is -0.990. The fourth-order valence-electron chi connectivity index (χ4n) is 2.80. The third kappa shape index (κ3) is 4.99. The van der Waals surface area contributed by atoms with Crippen molar-refractivity contribution in [1.29, 1.82) is 0 Å². The molecule has 1 atom stereocenters. The van der Waals surface area contributed by atoms with Crippen molar-refractivity contribution >= 4 is 18.1 Å². The summed E-state index contributed by atoms with van der Waals surface area (Å²) in [6.45, 7) is 7.97. The maximum Gasteiger partial charge on any atom is 0.121 e. The lowest BCUT2D eigenvalue weighted by Gasteiger charge is -2.36. The summed E-state index contributed by atoms with van der Waals surface area (Å²) < 4.78 is 6.13. The van der Waals surface area contributed by atoms with Gasteiger partial charge in [-0.1, -0.05) is 72.5 Å². The molecule has 0 fully saturated rings. The van der Waals surface area contributed by atoms with Gasteiger partial charge in [0.15, 0.2) is 0 Å². The van der Waals surface area contributed by atoms with E-state index in [0.717, 1.165) is 11.1 Å². The minimum Gasteiger partial charge on any atom is -0.380 e. The predicted molar refractivity (Wildman–Crippen MR) is 102 cm³/mol. The van der Waals surface area contributed by atoms with Crippen molar-refractivity contribution in [3.05, 3.63) is 71.8 Å². The maximum absolute atomic E-state index is 11.6. The highest BCUT2D eigenvalue weighted by molar-refractivity contribution is 8.12. The van der Waals surface area contributed by atoms with Gasteiger partial charge in [0.1, 0.15) is 5.60 Å². The van der Waals surface area contributed by atoms with E-state index in [1.807, 2.05) is 88.1 Å². The van der Waals surface area contributed by atoms with Gasteiger partial charge in [0.25, 0.3) is 0 Å². The Bertz CT molecular complexity index is 638. The lowest BCUT2D eigenvalue weighted by molar-refractivity contribution is 0.0961. The van der Waals surface area contributed by atoms with Gasteiger partial charge in [-0.05, 0) is 38.6 Å². The van der Waals surface area contributed by atoms with Crippen LogP contribution in [0.15, 0.2) is 60.7 Å². The maximum atomic E-state index is 11.6. The lowest BCUT2D eigenvalue weighted by atomic mass is 9.88. The van der Waals surface area contributed by atoms with Gasteiger partial charge in [-0.3, -0.25) is 0 Å². The Morgan fingerprint density at radius 2 is 1.30 bits per heavy atom. The van der Waals surface area contributed by atoms with Gasteiger partial charge in [0, 0.05) is 6.16 Å². The molecule has 0 aromatic heterocycles. The van der Waals surface area contributed by atoms with Crippen molar-refractivity contribution < 1.29 is 9.63 Å². The summed E-state index contributed by atoms with van der Waals surface area (Å²) in [4.78, 5) is 0. The molecule has 0 aliphatic rings. The Morgan fingerprint density at radius 1 is 0.913 bits per heavy atom. The molecule has 2 aromatic carbocycles. The van der Waals surface area contributed by atoms with E-state index in [4.69, 9.17) is 16.3 Å². The normalized spacial score (nSPS) is 15.2. The highest BCUT2D eigenvalue weighted by Crippen LogP contribution is 2.52. The fraction of sp³-hybridized carbons (Fsp3) is 0.368. The van der Waals surface area contributed by atoms with Gasteiger partial charge in [-0.2, -0.15) is 0 Å². The third-order valence-corrected chi connectivity index (χ3v) is 6.06. The highest BCUT2D eigenvalue weighted by Gasteiger charge is 2.37. The van der Waals surface area contributed by atoms with Crippen LogP contribution in [0.1, 0.15) is 31.9 Å². The Morgan fingerprint density at radius 3 is 1.65 bits per heavy atom. The molecule has 0 radical (unpaired) electrons. The summed E-state index contributed by atoms with van der Waals surface area (Å²) in [6, 6.07) is 19.4. The average molecular weight is 348 g/mol. The topological polar surface area (TPSA) is 29.5 Å². The van der Waals surface area contributed by atoms with Gasteiger partial charge < -0.3 is 9.63 Å². The van der Waals surface area contributed by atoms with E-state index >= 15 is 0 Å². The minimum atomic E-state index is -2.18. The van der Waals surface area contributed by atoms with Crippen LogP contribution in [0.5, 0.6) is 0 Å². The molecule has 0 spiro atoms. The van der Waals surface area contributed by atoms with Crippen LogP contribution in [0.4, 0.5) is 0 Å². The summed E-state index contributed by atoms with van der Waals surface area (Å²) in [5.41, 5.74) is 0.232. The zero-order chi connectivity index (χ0) is 17.1. The van der Waals surface area contributed by atoms with E-state index in [2.05, 4.69) is 0 Å². The van der Waals surface area contributed by atoms with Gasteiger partial charge >= 0.3 is 0 Å². The fourth-order valence-corrected chi connectivity index (χ4v) is 6.46. The largest absolute Gasteiger partial charge is 0.380 e. The van der Waals surface area contributed by atoms with Gasteiger partial charge in [-0.15, -0.1) is 0 Å². The minimum absolute atomic E-state index is 0.321. The molecule has 0 bridgehead atoms. The predicted octanol–water partition coefficient (Wildman–Crippen LogP) is 4.76. The number of rotatable bonds is 5. The van der Waals surface area contributed by atoms with Gasteiger partial charge in [0.2, 0.25) is 0 Å². The summed E-state index contributed by atoms with van der Waals surface area (Å²) >= 11 is 5.77. The van der Waals surface area contributed by atoms with Crippen molar-refractivity contribution in [2.45, 2.75) is 32.0 Å². The van der Waals surface area contributed by atoms with E-state index in [1.54, 1.807) is 0 Å². The monoisotopic (exact) mass is 348 g/mol. The molecule has 0 amide bonds. The van der Waals surface area contributed by atoms with E-state index < -0.39 is 11.9 Å². The molecule has 0 heterocycles. The Balaban J connectivity index is 2.46. The quantitative estimate of drug-likeness (QED) is 0.790. The van der Waals surface area contributed by atoms with Crippen molar-refractivity contribution in [3.8, 4) is 0 Å². The Labute approximate surface area is 144 Å². The second kappa shape index (κ2) is 6.86. The SMILES string of the molecule is CC(C)(C)OP(C)(=S)CC(O)(c1ccccc1)c1ccccc1. The first-order chi connectivity index (χ1) is 10.6. The molecule has 0 aliphatic carbocycles. The summed E-state index contributed by atoms with van der Waals surface area (Å²) in [7, 11) is 0. The highest BCUT2D eigenvalue weighted by atomic mass is 32.4. The molecule has 0 aliphatic heterocycles. The second-order valence-electron chi connectivity index (χ2n) is 6.97. The average Bonchev–Trinajstić information content (AvgIpc) is 2.46. The first-order valence-electron chi connectivity index (χ1n) is 7.73.